The maximum Gasteiger partial charge on any atom is 0.254 e. The van der Waals surface area contributed by atoms with E-state index in [1.165, 1.54) is 0 Å². The smallest absolute Gasteiger partial charge is 0.254 e. The summed E-state index contributed by atoms with van der Waals surface area (Å²) in [6.07, 6.45) is 2.14. The molecule has 5 nitrogen and oxygen atoms in total. The van der Waals surface area contributed by atoms with E-state index in [1.807, 2.05) is 18.7 Å². The molecule has 2 rings (SSSR count). The van der Waals surface area contributed by atoms with Gasteiger partial charge in [-0.3, -0.25) is 4.79 Å². The van der Waals surface area contributed by atoms with Crippen LogP contribution >= 0.6 is 0 Å². The molecule has 1 aliphatic carbocycles. The lowest BCUT2D eigenvalue weighted by atomic mass is 10.1. The monoisotopic (exact) mass is 292 g/mol. The van der Waals surface area contributed by atoms with Gasteiger partial charge in [0.25, 0.3) is 5.91 Å². The highest BCUT2D eigenvalue weighted by Gasteiger charge is 2.32. The third kappa shape index (κ3) is 3.88. The first-order valence-corrected chi connectivity index (χ1v) is 7.61. The van der Waals surface area contributed by atoms with Gasteiger partial charge in [0.1, 0.15) is 0 Å². The molecule has 0 aliphatic heterocycles. The van der Waals surface area contributed by atoms with Gasteiger partial charge in [-0.15, -0.1) is 0 Å². The molecule has 1 fully saturated rings. The van der Waals surface area contributed by atoms with Gasteiger partial charge in [-0.1, -0.05) is 0 Å². The Labute approximate surface area is 126 Å². The van der Waals surface area contributed by atoms with Gasteiger partial charge in [0, 0.05) is 24.7 Å². The van der Waals surface area contributed by atoms with Crippen LogP contribution in [-0.4, -0.2) is 43.2 Å². The van der Waals surface area contributed by atoms with Crippen LogP contribution in [0.1, 0.15) is 37.0 Å². The average molecular weight is 292 g/mol. The predicted molar refractivity (Wildman–Crippen MR) is 81.9 cm³/mol. The maximum atomic E-state index is 12.6. The van der Waals surface area contributed by atoms with E-state index in [2.05, 4.69) is 0 Å². The number of carbonyl (C=O) groups is 1. The van der Waals surface area contributed by atoms with Crippen LogP contribution in [0.3, 0.4) is 0 Å². The number of nitrogens with two attached hydrogens (primary N) is 1. The summed E-state index contributed by atoms with van der Waals surface area (Å²) >= 11 is 0. The molecular weight excluding hydrogens is 268 g/mol. The first-order chi connectivity index (χ1) is 10.2. The molecule has 1 saturated carbocycles. The molecule has 0 radical (unpaired) electrons. The van der Waals surface area contributed by atoms with Crippen molar-refractivity contribution in [2.24, 2.45) is 5.73 Å². The fraction of sp³-hybridized carbons (Fsp3) is 0.562. The largest absolute Gasteiger partial charge is 0.490 e. The second kappa shape index (κ2) is 7.31. The Kier molecular flexibility index (Phi) is 5.44. The molecule has 5 heteroatoms. The van der Waals surface area contributed by atoms with Crippen LogP contribution in [0, 0.1) is 0 Å². The summed E-state index contributed by atoms with van der Waals surface area (Å²) in [5.74, 6) is 1.31. The van der Waals surface area contributed by atoms with E-state index < -0.39 is 0 Å². The van der Waals surface area contributed by atoms with Gasteiger partial charge in [0.15, 0.2) is 11.5 Å². The van der Waals surface area contributed by atoms with Crippen LogP contribution in [0.15, 0.2) is 18.2 Å². The van der Waals surface area contributed by atoms with Crippen molar-refractivity contribution in [3.63, 3.8) is 0 Å². The molecule has 2 N–H and O–H groups in total. The van der Waals surface area contributed by atoms with Crippen molar-refractivity contribution in [2.75, 3.05) is 26.3 Å². The van der Waals surface area contributed by atoms with E-state index in [0.29, 0.717) is 49.4 Å². The minimum atomic E-state index is 0.0203. The van der Waals surface area contributed by atoms with Crippen LogP contribution in [-0.2, 0) is 0 Å². The Morgan fingerprint density at radius 3 is 2.48 bits per heavy atom. The van der Waals surface area contributed by atoms with Crippen molar-refractivity contribution in [2.45, 2.75) is 32.7 Å². The number of rotatable bonds is 8. The first-order valence-electron chi connectivity index (χ1n) is 7.61. The lowest BCUT2D eigenvalue weighted by Crippen LogP contribution is -2.37. The molecule has 1 amide bonds. The molecule has 0 aromatic heterocycles. The van der Waals surface area contributed by atoms with E-state index in [4.69, 9.17) is 15.2 Å². The van der Waals surface area contributed by atoms with Gasteiger partial charge in [-0.05, 0) is 44.9 Å². The molecule has 116 valence electrons. The van der Waals surface area contributed by atoms with Crippen molar-refractivity contribution >= 4 is 5.91 Å². The molecule has 1 aliphatic rings. The molecule has 0 heterocycles. The van der Waals surface area contributed by atoms with Crippen molar-refractivity contribution in [1.29, 1.82) is 0 Å². The summed E-state index contributed by atoms with van der Waals surface area (Å²) < 4.78 is 11.1. The van der Waals surface area contributed by atoms with Gasteiger partial charge in [-0.2, -0.15) is 0 Å². The summed E-state index contributed by atoms with van der Waals surface area (Å²) in [6.45, 7) is 6.01. The number of nitrogens with zero attached hydrogens (tertiary/aromatic N) is 1. The van der Waals surface area contributed by atoms with Crippen LogP contribution < -0.4 is 15.2 Å². The topological polar surface area (TPSA) is 64.8 Å². The van der Waals surface area contributed by atoms with Gasteiger partial charge < -0.3 is 20.1 Å². The molecular formula is C16H24N2O3. The second-order valence-electron chi connectivity index (χ2n) is 5.05. The fourth-order valence-corrected chi connectivity index (χ4v) is 2.33. The number of hydrogen-bond donors (Lipinski definition) is 1. The summed E-state index contributed by atoms with van der Waals surface area (Å²) in [7, 11) is 0. The van der Waals surface area contributed by atoms with Crippen molar-refractivity contribution in [3.8, 4) is 11.5 Å². The average Bonchev–Trinajstić information content (AvgIpc) is 3.31. The van der Waals surface area contributed by atoms with E-state index in [-0.39, 0.29) is 5.91 Å². The minimum Gasteiger partial charge on any atom is -0.490 e. The fourth-order valence-electron chi connectivity index (χ4n) is 2.33. The molecule has 0 atom stereocenters. The van der Waals surface area contributed by atoms with Gasteiger partial charge in [-0.25, -0.2) is 0 Å². The first kappa shape index (κ1) is 15.6. The van der Waals surface area contributed by atoms with Crippen molar-refractivity contribution < 1.29 is 14.3 Å². The van der Waals surface area contributed by atoms with Gasteiger partial charge in [0.05, 0.1) is 13.2 Å². The van der Waals surface area contributed by atoms with Crippen LogP contribution in [0.2, 0.25) is 0 Å². The summed E-state index contributed by atoms with van der Waals surface area (Å²) in [5.41, 5.74) is 6.24. The minimum absolute atomic E-state index is 0.0203. The summed E-state index contributed by atoms with van der Waals surface area (Å²) in [6, 6.07) is 5.71. The van der Waals surface area contributed by atoms with Gasteiger partial charge >= 0.3 is 0 Å². The van der Waals surface area contributed by atoms with E-state index >= 15 is 0 Å². The SMILES string of the molecule is CCOc1ccc(C(=O)N(CCN)C2CC2)cc1OCC. The van der Waals surface area contributed by atoms with Gasteiger partial charge in [0.2, 0.25) is 0 Å². The highest BCUT2D eigenvalue weighted by Crippen LogP contribution is 2.31. The number of amides is 1. The Bertz CT molecular complexity index is 486. The lowest BCUT2D eigenvalue weighted by molar-refractivity contribution is 0.0747. The Hall–Kier alpha value is -1.75. The Morgan fingerprint density at radius 2 is 1.90 bits per heavy atom. The second-order valence-corrected chi connectivity index (χ2v) is 5.05. The molecule has 0 unspecified atom stereocenters. The molecule has 21 heavy (non-hydrogen) atoms. The quantitative estimate of drug-likeness (QED) is 0.796. The number of hydrogen-bond acceptors (Lipinski definition) is 4. The van der Waals surface area contributed by atoms with E-state index in [0.717, 1.165) is 12.8 Å². The molecule has 1 aromatic carbocycles. The van der Waals surface area contributed by atoms with E-state index in [1.54, 1.807) is 18.2 Å². The van der Waals surface area contributed by atoms with Crippen molar-refractivity contribution in [3.05, 3.63) is 23.8 Å². The highest BCUT2D eigenvalue weighted by atomic mass is 16.5. The molecule has 1 aromatic rings. The third-order valence-corrected chi connectivity index (χ3v) is 3.41. The lowest BCUT2D eigenvalue weighted by Gasteiger charge is -2.22. The summed E-state index contributed by atoms with van der Waals surface area (Å²) in [4.78, 5) is 14.5. The summed E-state index contributed by atoms with van der Waals surface area (Å²) in [5, 5.41) is 0. The predicted octanol–water partition coefficient (Wildman–Crippen LogP) is 2.05. The zero-order chi connectivity index (χ0) is 15.2. The zero-order valence-electron chi connectivity index (χ0n) is 12.8. The number of ether oxygens (including phenoxy) is 2. The van der Waals surface area contributed by atoms with Crippen LogP contribution in [0.25, 0.3) is 0 Å². The number of benzene rings is 1. The molecule has 0 bridgehead atoms. The molecule has 0 spiro atoms. The molecule has 0 saturated heterocycles. The highest BCUT2D eigenvalue weighted by molar-refractivity contribution is 5.95. The number of carbonyl (C=O) groups excluding carboxylic acids is 1. The van der Waals surface area contributed by atoms with Crippen molar-refractivity contribution in [1.82, 2.24) is 4.90 Å². The maximum absolute atomic E-state index is 12.6. The normalized spacial score (nSPS) is 13.9. The van der Waals surface area contributed by atoms with E-state index in [9.17, 15) is 4.79 Å². The zero-order valence-corrected chi connectivity index (χ0v) is 12.8. The third-order valence-electron chi connectivity index (χ3n) is 3.41. The Morgan fingerprint density at radius 1 is 1.24 bits per heavy atom. The van der Waals surface area contributed by atoms with Crippen LogP contribution in [0.5, 0.6) is 11.5 Å². The Balaban J connectivity index is 2.21. The standard InChI is InChI=1S/C16H24N2O3/c1-3-20-14-8-5-12(11-15(14)21-4-2)16(19)18(10-9-17)13-6-7-13/h5,8,11,13H,3-4,6-7,9-10,17H2,1-2H3. The van der Waals surface area contributed by atoms with Crippen LogP contribution in [0.4, 0.5) is 0 Å².